The number of benzene rings is 2. The van der Waals surface area contributed by atoms with Gasteiger partial charge in [-0.25, -0.2) is 0 Å². The highest BCUT2D eigenvalue weighted by atomic mass is 79.9. The Balaban J connectivity index is 1.97. The smallest absolute Gasteiger partial charge is 0.283 e. The quantitative estimate of drug-likeness (QED) is 0.598. The van der Waals surface area contributed by atoms with E-state index in [2.05, 4.69) is 37.2 Å². The van der Waals surface area contributed by atoms with Gasteiger partial charge in [0.1, 0.15) is 0 Å². The average molecular weight is 400 g/mol. The van der Waals surface area contributed by atoms with Crippen molar-refractivity contribution in [1.29, 1.82) is 0 Å². The minimum Gasteiger partial charge on any atom is -0.309 e. The van der Waals surface area contributed by atoms with E-state index < -0.39 is 0 Å². The van der Waals surface area contributed by atoms with E-state index in [1.54, 1.807) is 12.1 Å². The van der Waals surface area contributed by atoms with Crippen molar-refractivity contribution in [2.75, 3.05) is 0 Å². The largest absolute Gasteiger partial charge is 0.309 e. The SMILES string of the molecule is O=[N+]([O-])c1cc(CNCc2cccc(Br)c2)ccc1Br. The number of hydrogen-bond donors (Lipinski definition) is 1. The molecule has 0 spiro atoms. The molecule has 2 aromatic rings. The van der Waals surface area contributed by atoms with E-state index in [0.29, 0.717) is 17.6 Å². The molecule has 0 aliphatic carbocycles. The molecule has 0 unspecified atom stereocenters. The van der Waals surface area contributed by atoms with Crippen LogP contribution in [0.25, 0.3) is 0 Å². The lowest BCUT2D eigenvalue weighted by Gasteiger charge is -2.06. The number of nitrogens with one attached hydrogen (secondary N) is 1. The van der Waals surface area contributed by atoms with Gasteiger partial charge < -0.3 is 5.32 Å². The van der Waals surface area contributed by atoms with Gasteiger partial charge >= 0.3 is 0 Å². The number of nitro groups is 1. The van der Waals surface area contributed by atoms with E-state index >= 15 is 0 Å². The third-order valence-corrected chi connectivity index (χ3v) is 3.92. The zero-order chi connectivity index (χ0) is 14.5. The van der Waals surface area contributed by atoms with Crippen LogP contribution in [0.15, 0.2) is 51.4 Å². The summed E-state index contributed by atoms with van der Waals surface area (Å²) in [4.78, 5) is 10.5. The topological polar surface area (TPSA) is 55.2 Å². The molecule has 6 heteroatoms. The Labute approximate surface area is 133 Å². The van der Waals surface area contributed by atoms with Crippen LogP contribution >= 0.6 is 31.9 Å². The van der Waals surface area contributed by atoms with Crippen molar-refractivity contribution in [3.63, 3.8) is 0 Å². The Morgan fingerprint density at radius 2 is 1.75 bits per heavy atom. The Morgan fingerprint density at radius 3 is 2.40 bits per heavy atom. The van der Waals surface area contributed by atoms with Gasteiger partial charge in [0, 0.05) is 23.6 Å². The van der Waals surface area contributed by atoms with Gasteiger partial charge in [0.15, 0.2) is 0 Å². The van der Waals surface area contributed by atoms with Crippen LogP contribution in [-0.2, 0) is 13.1 Å². The van der Waals surface area contributed by atoms with Gasteiger partial charge in [0.25, 0.3) is 5.69 Å². The van der Waals surface area contributed by atoms with Gasteiger partial charge in [0.2, 0.25) is 0 Å². The van der Waals surface area contributed by atoms with Crippen LogP contribution in [0.4, 0.5) is 5.69 Å². The molecule has 0 atom stereocenters. The highest BCUT2D eigenvalue weighted by molar-refractivity contribution is 9.10. The summed E-state index contributed by atoms with van der Waals surface area (Å²) in [6.45, 7) is 1.30. The van der Waals surface area contributed by atoms with Crippen LogP contribution in [0, 0.1) is 10.1 Å². The van der Waals surface area contributed by atoms with Crippen molar-refractivity contribution >= 4 is 37.5 Å². The van der Waals surface area contributed by atoms with Crippen molar-refractivity contribution in [2.24, 2.45) is 0 Å². The number of rotatable bonds is 5. The zero-order valence-electron chi connectivity index (χ0n) is 10.5. The molecule has 20 heavy (non-hydrogen) atoms. The summed E-state index contributed by atoms with van der Waals surface area (Å²) in [6, 6.07) is 13.2. The molecule has 2 aromatic carbocycles. The number of nitro benzene ring substituents is 1. The summed E-state index contributed by atoms with van der Waals surface area (Å²) < 4.78 is 1.54. The highest BCUT2D eigenvalue weighted by Gasteiger charge is 2.11. The first-order valence-corrected chi connectivity index (χ1v) is 7.53. The third kappa shape index (κ3) is 4.13. The molecule has 0 radical (unpaired) electrons. The summed E-state index contributed by atoms with van der Waals surface area (Å²) >= 11 is 6.60. The van der Waals surface area contributed by atoms with Crippen LogP contribution in [0.3, 0.4) is 0 Å². The molecular formula is C14H12Br2N2O2. The van der Waals surface area contributed by atoms with Crippen molar-refractivity contribution in [3.05, 3.63) is 72.7 Å². The predicted molar refractivity (Wildman–Crippen MR) is 85.5 cm³/mol. The second-order valence-corrected chi connectivity index (χ2v) is 6.05. The Kier molecular flexibility index (Phi) is 5.28. The molecule has 0 fully saturated rings. The molecule has 104 valence electrons. The summed E-state index contributed by atoms with van der Waals surface area (Å²) in [5.41, 5.74) is 2.13. The van der Waals surface area contributed by atoms with Crippen molar-refractivity contribution in [1.82, 2.24) is 5.32 Å². The van der Waals surface area contributed by atoms with E-state index in [1.807, 2.05) is 30.3 Å². The molecule has 4 nitrogen and oxygen atoms in total. The Morgan fingerprint density at radius 1 is 1.05 bits per heavy atom. The highest BCUT2D eigenvalue weighted by Crippen LogP contribution is 2.25. The van der Waals surface area contributed by atoms with E-state index in [4.69, 9.17) is 0 Å². The van der Waals surface area contributed by atoms with Gasteiger partial charge in [-0.05, 0) is 45.3 Å². The molecule has 0 aromatic heterocycles. The molecule has 0 bridgehead atoms. The second kappa shape index (κ2) is 6.97. The lowest BCUT2D eigenvalue weighted by Crippen LogP contribution is -2.12. The van der Waals surface area contributed by atoms with Crippen LogP contribution < -0.4 is 5.32 Å². The molecule has 0 heterocycles. The van der Waals surface area contributed by atoms with Crippen molar-refractivity contribution in [3.8, 4) is 0 Å². The minimum absolute atomic E-state index is 0.0896. The standard InChI is InChI=1S/C14H12Br2N2O2/c15-12-3-1-2-10(6-12)8-17-9-11-4-5-13(16)14(7-11)18(19)20/h1-7,17H,8-9H2. The van der Waals surface area contributed by atoms with Gasteiger partial charge in [0.05, 0.1) is 9.40 Å². The van der Waals surface area contributed by atoms with Gasteiger partial charge in [-0.2, -0.15) is 0 Å². The minimum atomic E-state index is -0.387. The maximum Gasteiger partial charge on any atom is 0.283 e. The molecule has 0 saturated heterocycles. The zero-order valence-corrected chi connectivity index (χ0v) is 13.6. The van der Waals surface area contributed by atoms with E-state index in [-0.39, 0.29) is 10.6 Å². The maximum atomic E-state index is 10.9. The van der Waals surface area contributed by atoms with Gasteiger partial charge in [-0.15, -0.1) is 0 Å². The lowest BCUT2D eigenvalue weighted by molar-refractivity contribution is -0.385. The van der Waals surface area contributed by atoms with Gasteiger partial charge in [-0.3, -0.25) is 10.1 Å². The number of halogens is 2. The fourth-order valence-corrected chi connectivity index (χ4v) is 2.64. The van der Waals surface area contributed by atoms with Gasteiger partial charge in [-0.1, -0.05) is 34.1 Å². The predicted octanol–water partition coefficient (Wildman–Crippen LogP) is 4.41. The van der Waals surface area contributed by atoms with Crippen LogP contribution in [-0.4, -0.2) is 4.92 Å². The molecule has 0 aliphatic rings. The van der Waals surface area contributed by atoms with E-state index in [9.17, 15) is 10.1 Å². The molecular weight excluding hydrogens is 388 g/mol. The Bertz CT molecular complexity index is 632. The van der Waals surface area contributed by atoms with Crippen LogP contribution in [0.2, 0.25) is 0 Å². The Hall–Kier alpha value is -1.24. The molecule has 0 amide bonds. The first kappa shape index (κ1) is 15.2. The fourth-order valence-electron chi connectivity index (χ4n) is 1.81. The molecule has 1 N–H and O–H groups in total. The first-order valence-electron chi connectivity index (χ1n) is 5.94. The first-order chi connectivity index (χ1) is 9.56. The average Bonchev–Trinajstić information content (AvgIpc) is 2.40. The number of hydrogen-bond acceptors (Lipinski definition) is 3. The van der Waals surface area contributed by atoms with Crippen LogP contribution in [0.5, 0.6) is 0 Å². The summed E-state index contributed by atoms with van der Waals surface area (Å²) in [5.74, 6) is 0. The maximum absolute atomic E-state index is 10.9. The molecule has 0 saturated carbocycles. The monoisotopic (exact) mass is 398 g/mol. The molecule has 0 aliphatic heterocycles. The van der Waals surface area contributed by atoms with E-state index in [0.717, 1.165) is 15.6 Å². The van der Waals surface area contributed by atoms with Crippen molar-refractivity contribution in [2.45, 2.75) is 13.1 Å². The van der Waals surface area contributed by atoms with E-state index in [1.165, 1.54) is 0 Å². The second-order valence-electron chi connectivity index (χ2n) is 4.28. The third-order valence-electron chi connectivity index (χ3n) is 2.75. The van der Waals surface area contributed by atoms with Crippen molar-refractivity contribution < 1.29 is 4.92 Å². The summed E-state index contributed by atoms with van der Waals surface area (Å²) in [5, 5.41) is 14.1. The fraction of sp³-hybridized carbons (Fsp3) is 0.143. The summed E-state index contributed by atoms with van der Waals surface area (Å²) in [7, 11) is 0. The van der Waals surface area contributed by atoms with Crippen LogP contribution in [0.1, 0.15) is 11.1 Å². The number of nitrogens with zero attached hydrogens (tertiary/aromatic N) is 1. The molecule has 2 rings (SSSR count). The lowest BCUT2D eigenvalue weighted by atomic mass is 10.2. The summed E-state index contributed by atoms with van der Waals surface area (Å²) in [6.07, 6.45) is 0. The normalized spacial score (nSPS) is 10.5.